The van der Waals surface area contributed by atoms with E-state index >= 15 is 0 Å². The number of unbranched alkanes of at least 4 members (excludes halogenated alkanes) is 1. The van der Waals surface area contributed by atoms with Crippen molar-refractivity contribution in [3.8, 4) is 5.75 Å². The third-order valence-corrected chi connectivity index (χ3v) is 4.20. The summed E-state index contributed by atoms with van der Waals surface area (Å²) in [5, 5.41) is 6.72. The molecule has 1 aliphatic heterocycles. The fourth-order valence-corrected chi connectivity index (χ4v) is 2.64. The minimum atomic E-state index is 0. The Bertz CT molecular complexity index is 505. The van der Waals surface area contributed by atoms with E-state index in [1.165, 1.54) is 5.56 Å². The average Bonchev–Trinajstić information content (AvgIpc) is 2.65. The van der Waals surface area contributed by atoms with E-state index in [1.807, 2.05) is 19.2 Å². The molecular formula is C19H33IN4O2. The van der Waals surface area contributed by atoms with E-state index in [-0.39, 0.29) is 24.0 Å². The zero-order valence-corrected chi connectivity index (χ0v) is 18.3. The summed E-state index contributed by atoms with van der Waals surface area (Å²) in [6, 6.07) is 8.19. The van der Waals surface area contributed by atoms with Gasteiger partial charge in [0.1, 0.15) is 5.75 Å². The Morgan fingerprint density at radius 3 is 2.50 bits per heavy atom. The van der Waals surface area contributed by atoms with E-state index in [9.17, 15) is 0 Å². The Balaban J connectivity index is 0.00000338. The second-order valence-corrected chi connectivity index (χ2v) is 6.25. The summed E-state index contributed by atoms with van der Waals surface area (Å²) < 4.78 is 11.1. The van der Waals surface area contributed by atoms with Crippen molar-refractivity contribution >= 4 is 29.9 Å². The van der Waals surface area contributed by atoms with Crippen molar-refractivity contribution in [1.29, 1.82) is 0 Å². The van der Waals surface area contributed by atoms with Gasteiger partial charge in [-0.3, -0.25) is 9.89 Å². The minimum absolute atomic E-state index is 0. The van der Waals surface area contributed by atoms with Gasteiger partial charge in [-0.05, 0) is 31.9 Å². The Hall–Kier alpha value is -1.06. The first-order valence-corrected chi connectivity index (χ1v) is 9.22. The Morgan fingerprint density at radius 2 is 1.81 bits per heavy atom. The van der Waals surface area contributed by atoms with Crippen LogP contribution in [0.5, 0.6) is 5.75 Å². The maximum absolute atomic E-state index is 5.74. The maximum atomic E-state index is 5.74. The van der Waals surface area contributed by atoms with Crippen molar-refractivity contribution in [3.05, 3.63) is 29.8 Å². The smallest absolute Gasteiger partial charge is 0.191 e. The van der Waals surface area contributed by atoms with Gasteiger partial charge < -0.3 is 20.1 Å². The van der Waals surface area contributed by atoms with Crippen LogP contribution in [0.3, 0.4) is 0 Å². The number of benzene rings is 1. The standard InChI is InChI=1S/C19H32N4O2.HI/c1-17-5-7-18(8-6-17)25-14-4-3-9-21-19(20-2)22-10-11-23-12-15-24-16-13-23;/h5-8H,3-4,9-16H2,1-2H3,(H2,20,21,22);1H. The highest BCUT2D eigenvalue weighted by atomic mass is 127. The Morgan fingerprint density at radius 1 is 1.12 bits per heavy atom. The van der Waals surface area contributed by atoms with Crippen LogP contribution in [-0.4, -0.2) is 70.5 Å². The van der Waals surface area contributed by atoms with Gasteiger partial charge in [-0.25, -0.2) is 0 Å². The van der Waals surface area contributed by atoms with Gasteiger partial charge in [-0.2, -0.15) is 0 Å². The lowest BCUT2D eigenvalue weighted by Crippen LogP contribution is -2.44. The number of nitrogens with one attached hydrogen (secondary N) is 2. The normalized spacial score (nSPS) is 15.2. The molecule has 1 heterocycles. The molecule has 2 rings (SSSR count). The van der Waals surface area contributed by atoms with Gasteiger partial charge in [0, 0.05) is 39.8 Å². The van der Waals surface area contributed by atoms with Crippen molar-refractivity contribution in [1.82, 2.24) is 15.5 Å². The molecule has 0 radical (unpaired) electrons. The molecular weight excluding hydrogens is 443 g/mol. The summed E-state index contributed by atoms with van der Waals surface area (Å²) in [5.74, 6) is 1.81. The van der Waals surface area contributed by atoms with Crippen LogP contribution in [0.2, 0.25) is 0 Å². The summed E-state index contributed by atoms with van der Waals surface area (Å²) in [7, 11) is 1.81. The van der Waals surface area contributed by atoms with Gasteiger partial charge in [0.15, 0.2) is 5.96 Å². The number of morpholine rings is 1. The number of halogens is 1. The molecule has 1 aromatic carbocycles. The predicted molar refractivity (Wildman–Crippen MR) is 118 cm³/mol. The van der Waals surface area contributed by atoms with Crippen LogP contribution >= 0.6 is 24.0 Å². The number of ether oxygens (including phenoxy) is 2. The minimum Gasteiger partial charge on any atom is -0.494 e. The van der Waals surface area contributed by atoms with Crippen molar-refractivity contribution in [3.63, 3.8) is 0 Å². The SMILES string of the molecule is CN=C(NCCCCOc1ccc(C)cc1)NCCN1CCOCC1.I. The number of hydrogen-bond donors (Lipinski definition) is 2. The highest BCUT2D eigenvalue weighted by Gasteiger charge is 2.09. The van der Waals surface area contributed by atoms with E-state index < -0.39 is 0 Å². The lowest BCUT2D eigenvalue weighted by molar-refractivity contribution is 0.0389. The summed E-state index contributed by atoms with van der Waals surface area (Å²) >= 11 is 0. The van der Waals surface area contributed by atoms with E-state index in [4.69, 9.17) is 9.47 Å². The topological polar surface area (TPSA) is 58.1 Å². The summed E-state index contributed by atoms with van der Waals surface area (Å²) in [6.07, 6.45) is 2.07. The van der Waals surface area contributed by atoms with Crippen LogP contribution in [0.1, 0.15) is 18.4 Å². The van der Waals surface area contributed by atoms with Gasteiger partial charge >= 0.3 is 0 Å². The molecule has 1 aromatic rings. The fourth-order valence-electron chi connectivity index (χ4n) is 2.64. The third-order valence-electron chi connectivity index (χ3n) is 4.20. The highest BCUT2D eigenvalue weighted by Crippen LogP contribution is 2.11. The molecule has 1 aliphatic rings. The predicted octanol–water partition coefficient (Wildman–Crippen LogP) is 2.27. The number of rotatable bonds is 9. The van der Waals surface area contributed by atoms with Crippen LogP contribution in [0.15, 0.2) is 29.3 Å². The van der Waals surface area contributed by atoms with Crippen molar-refractivity contribution in [2.45, 2.75) is 19.8 Å². The fraction of sp³-hybridized carbons (Fsp3) is 0.632. The average molecular weight is 476 g/mol. The molecule has 7 heteroatoms. The molecule has 0 amide bonds. The van der Waals surface area contributed by atoms with Gasteiger partial charge in [-0.1, -0.05) is 17.7 Å². The van der Waals surface area contributed by atoms with Crippen LogP contribution < -0.4 is 15.4 Å². The first-order valence-electron chi connectivity index (χ1n) is 9.22. The van der Waals surface area contributed by atoms with Crippen LogP contribution in [0.4, 0.5) is 0 Å². The number of nitrogens with zero attached hydrogens (tertiary/aromatic N) is 2. The van der Waals surface area contributed by atoms with E-state index in [0.29, 0.717) is 0 Å². The molecule has 0 aliphatic carbocycles. The highest BCUT2D eigenvalue weighted by molar-refractivity contribution is 14.0. The maximum Gasteiger partial charge on any atom is 0.191 e. The largest absolute Gasteiger partial charge is 0.494 e. The van der Waals surface area contributed by atoms with Gasteiger partial charge in [0.2, 0.25) is 0 Å². The molecule has 26 heavy (non-hydrogen) atoms. The first kappa shape index (κ1) is 23.0. The molecule has 0 unspecified atom stereocenters. The number of hydrogen-bond acceptors (Lipinski definition) is 4. The lowest BCUT2D eigenvalue weighted by Gasteiger charge is -2.26. The van der Waals surface area contributed by atoms with E-state index in [1.54, 1.807) is 0 Å². The van der Waals surface area contributed by atoms with Crippen molar-refractivity contribution in [2.75, 3.05) is 59.6 Å². The molecule has 0 aromatic heterocycles. The number of aryl methyl sites for hydroxylation is 1. The number of aliphatic imine (C=N–C) groups is 1. The third kappa shape index (κ3) is 9.59. The van der Waals surface area contributed by atoms with Gasteiger partial charge in [0.25, 0.3) is 0 Å². The second-order valence-electron chi connectivity index (χ2n) is 6.25. The summed E-state index contributed by atoms with van der Waals surface area (Å²) in [6.45, 7) is 9.38. The first-order chi connectivity index (χ1) is 12.3. The zero-order chi connectivity index (χ0) is 17.7. The summed E-state index contributed by atoms with van der Waals surface area (Å²) in [4.78, 5) is 6.67. The molecule has 0 saturated carbocycles. The van der Waals surface area contributed by atoms with E-state index in [2.05, 4.69) is 39.6 Å². The van der Waals surface area contributed by atoms with Crippen molar-refractivity contribution < 1.29 is 9.47 Å². The van der Waals surface area contributed by atoms with Gasteiger partial charge in [-0.15, -0.1) is 24.0 Å². The quantitative estimate of drug-likeness (QED) is 0.248. The Kier molecular flexibility index (Phi) is 12.4. The number of guanidine groups is 1. The zero-order valence-electron chi connectivity index (χ0n) is 16.0. The van der Waals surface area contributed by atoms with E-state index in [0.717, 1.165) is 77.1 Å². The van der Waals surface area contributed by atoms with Crippen LogP contribution in [0, 0.1) is 6.92 Å². The van der Waals surface area contributed by atoms with Crippen LogP contribution in [0.25, 0.3) is 0 Å². The molecule has 148 valence electrons. The van der Waals surface area contributed by atoms with Gasteiger partial charge in [0.05, 0.1) is 19.8 Å². The summed E-state index contributed by atoms with van der Waals surface area (Å²) in [5.41, 5.74) is 1.25. The molecule has 2 N–H and O–H groups in total. The monoisotopic (exact) mass is 476 g/mol. The molecule has 0 atom stereocenters. The molecule has 0 bridgehead atoms. The molecule has 1 fully saturated rings. The molecule has 1 saturated heterocycles. The second kappa shape index (κ2) is 14.1. The molecule has 6 nitrogen and oxygen atoms in total. The van der Waals surface area contributed by atoms with Crippen molar-refractivity contribution in [2.24, 2.45) is 4.99 Å². The van der Waals surface area contributed by atoms with Crippen LogP contribution in [-0.2, 0) is 4.74 Å². The lowest BCUT2D eigenvalue weighted by atomic mass is 10.2. The Labute approximate surface area is 174 Å². The molecule has 0 spiro atoms.